The predicted molar refractivity (Wildman–Crippen MR) is 92.9 cm³/mol. The third-order valence-electron chi connectivity index (χ3n) is 2.64. The van der Waals surface area contributed by atoms with Crippen LogP contribution in [0, 0.1) is 3.57 Å². The third kappa shape index (κ3) is 5.09. The van der Waals surface area contributed by atoms with Gasteiger partial charge in [0.05, 0.1) is 5.69 Å². The highest BCUT2D eigenvalue weighted by atomic mass is 127. The second-order valence-electron chi connectivity index (χ2n) is 4.32. The number of anilines is 2. The van der Waals surface area contributed by atoms with Crippen LogP contribution < -0.4 is 15.2 Å². The molecule has 3 N–H and O–H groups in total. The molecule has 0 saturated heterocycles. The summed E-state index contributed by atoms with van der Waals surface area (Å²) in [5.74, 6) is 0.469. The fourth-order valence-electron chi connectivity index (χ4n) is 1.60. The lowest BCUT2D eigenvalue weighted by molar-refractivity contribution is 0.341. The van der Waals surface area contributed by atoms with E-state index in [9.17, 15) is 8.42 Å². The average molecular weight is 418 g/mol. The first kappa shape index (κ1) is 15.9. The second-order valence-corrected chi connectivity index (χ2v) is 7.32. The molecule has 2 aromatic rings. The van der Waals surface area contributed by atoms with E-state index in [4.69, 9.17) is 10.5 Å². The number of nitrogens with two attached hydrogens (primary N) is 1. The minimum atomic E-state index is -3.44. The van der Waals surface area contributed by atoms with Crippen molar-refractivity contribution in [3.63, 3.8) is 0 Å². The van der Waals surface area contributed by atoms with Crippen LogP contribution in [0.5, 0.6) is 5.75 Å². The zero-order valence-corrected chi connectivity index (χ0v) is 14.1. The number of hydrogen-bond donors (Lipinski definition) is 2. The number of ether oxygens (including phenoxy) is 1. The van der Waals surface area contributed by atoms with Crippen LogP contribution in [0.25, 0.3) is 0 Å². The highest BCUT2D eigenvalue weighted by molar-refractivity contribution is 14.1. The molecule has 0 fully saturated rings. The van der Waals surface area contributed by atoms with E-state index in [1.165, 1.54) is 0 Å². The van der Waals surface area contributed by atoms with E-state index < -0.39 is 10.0 Å². The number of halogens is 1. The molecule has 0 aromatic heterocycles. The minimum Gasteiger partial charge on any atom is -0.492 e. The fourth-order valence-corrected chi connectivity index (χ4v) is 3.22. The Balaban J connectivity index is 1.90. The van der Waals surface area contributed by atoms with Gasteiger partial charge in [0.15, 0.2) is 0 Å². The van der Waals surface area contributed by atoms with Crippen molar-refractivity contribution in [1.82, 2.24) is 0 Å². The minimum absolute atomic E-state index is 0.0721. The van der Waals surface area contributed by atoms with E-state index in [2.05, 4.69) is 27.3 Å². The van der Waals surface area contributed by atoms with Crippen LogP contribution in [0.4, 0.5) is 11.4 Å². The molecule has 0 aliphatic rings. The van der Waals surface area contributed by atoms with Crippen LogP contribution in [0.2, 0.25) is 0 Å². The van der Waals surface area contributed by atoms with Gasteiger partial charge in [0, 0.05) is 9.26 Å². The van der Waals surface area contributed by atoms with Gasteiger partial charge >= 0.3 is 0 Å². The molecule has 0 atom stereocenters. The lowest BCUT2D eigenvalue weighted by atomic mass is 10.3. The molecule has 0 heterocycles. The molecule has 0 radical (unpaired) electrons. The molecule has 0 saturated carbocycles. The maximum atomic E-state index is 12.0. The maximum absolute atomic E-state index is 12.0. The lowest BCUT2D eigenvalue weighted by Crippen LogP contribution is -2.21. The van der Waals surface area contributed by atoms with Crippen LogP contribution in [0.3, 0.4) is 0 Å². The second kappa shape index (κ2) is 6.99. The Bertz CT molecular complexity index is 702. The standard InChI is InChI=1S/C14H15IN2O3S/c15-13-3-1-2-4-14(13)17-21(18,19)10-9-20-12-7-5-11(16)6-8-12/h1-8,17H,9-10,16H2. The number of benzene rings is 2. The van der Waals surface area contributed by atoms with Gasteiger partial charge in [-0.25, -0.2) is 8.42 Å². The number of nitrogens with one attached hydrogen (secondary N) is 1. The van der Waals surface area contributed by atoms with Crippen molar-refractivity contribution in [1.29, 1.82) is 0 Å². The summed E-state index contributed by atoms with van der Waals surface area (Å²) in [6.45, 7) is 0.0721. The summed E-state index contributed by atoms with van der Waals surface area (Å²) >= 11 is 2.08. The van der Waals surface area contributed by atoms with Gasteiger partial charge in [-0.1, -0.05) is 12.1 Å². The number of rotatable bonds is 6. The van der Waals surface area contributed by atoms with Gasteiger partial charge in [0.2, 0.25) is 10.0 Å². The summed E-state index contributed by atoms with van der Waals surface area (Å²) in [5.41, 5.74) is 6.77. The number of nitrogen functional groups attached to an aromatic ring is 1. The molecule has 0 bridgehead atoms. The highest BCUT2D eigenvalue weighted by Gasteiger charge is 2.12. The summed E-state index contributed by atoms with van der Waals surface area (Å²) in [6.07, 6.45) is 0. The van der Waals surface area contributed by atoms with E-state index >= 15 is 0 Å². The van der Waals surface area contributed by atoms with Gasteiger partial charge in [-0.3, -0.25) is 4.72 Å². The maximum Gasteiger partial charge on any atom is 0.236 e. The van der Waals surface area contributed by atoms with Crippen LogP contribution in [-0.2, 0) is 10.0 Å². The predicted octanol–water partition coefficient (Wildman–Crippen LogP) is 2.69. The molecule has 0 unspecified atom stereocenters. The van der Waals surface area contributed by atoms with Crippen molar-refractivity contribution in [3.05, 3.63) is 52.1 Å². The molecule has 0 amide bonds. The Morgan fingerprint density at radius 2 is 1.76 bits per heavy atom. The van der Waals surface area contributed by atoms with Crippen molar-refractivity contribution >= 4 is 44.0 Å². The van der Waals surface area contributed by atoms with Gasteiger partial charge in [-0.2, -0.15) is 0 Å². The SMILES string of the molecule is Nc1ccc(OCCS(=O)(=O)Nc2ccccc2I)cc1. The van der Waals surface area contributed by atoms with E-state index in [1.54, 1.807) is 36.4 Å². The van der Waals surface area contributed by atoms with E-state index in [0.717, 1.165) is 3.57 Å². The van der Waals surface area contributed by atoms with Crippen LogP contribution in [0.15, 0.2) is 48.5 Å². The normalized spacial score (nSPS) is 11.1. The summed E-state index contributed by atoms with van der Waals surface area (Å²) in [5, 5.41) is 0. The van der Waals surface area contributed by atoms with Crippen LogP contribution in [0.1, 0.15) is 0 Å². The average Bonchev–Trinajstić information content (AvgIpc) is 2.43. The molecule has 21 heavy (non-hydrogen) atoms. The van der Waals surface area contributed by atoms with Gasteiger partial charge in [0.1, 0.15) is 18.1 Å². The Morgan fingerprint density at radius 3 is 2.43 bits per heavy atom. The number of para-hydroxylation sites is 1. The number of hydrogen-bond acceptors (Lipinski definition) is 4. The molecule has 2 aromatic carbocycles. The van der Waals surface area contributed by atoms with E-state index in [-0.39, 0.29) is 12.4 Å². The van der Waals surface area contributed by atoms with Crippen molar-refractivity contribution in [2.75, 3.05) is 22.8 Å². The summed E-state index contributed by atoms with van der Waals surface area (Å²) < 4.78 is 32.7. The molecule has 0 aliphatic carbocycles. The molecule has 5 nitrogen and oxygen atoms in total. The highest BCUT2D eigenvalue weighted by Crippen LogP contribution is 2.18. The Labute approximate surface area is 137 Å². The largest absolute Gasteiger partial charge is 0.492 e. The molecule has 0 spiro atoms. The number of sulfonamides is 1. The molecular weight excluding hydrogens is 403 g/mol. The first-order chi connectivity index (χ1) is 9.96. The quantitative estimate of drug-likeness (QED) is 0.559. The Morgan fingerprint density at radius 1 is 1.10 bits per heavy atom. The molecule has 2 rings (SSSR count). The molecular formula is C14H15IN2O3S. The summed E-state index contributed by atoms with van der Waals surface area (Å²) in [7, 11) is -3.44. The van der Waals surface area contributed by atoms with Crippen LogP contribution >= 0.6 is 22.6 Å². The topological polar surface area (TPSA) is 81.4 Å². The summed E-state index contributed by atoms with van der Waals surface area (Å²) in [6, 6.07) is 14.0. The first-order valence-electron chi connectivity index (χ1n) is 6.20. The van der Waals surface area contributed by atoms with Gasteiger partial charge in [-0.15, -0.1) is 0 Å². The van der Waals surface area contributed by atoms with Crippen molar-refractivity contribution in [2.24, 2.45) is 0 Å². The zero-order valence-electron chi connectivity index (χ0n) is 11.1. The summed E-state index contributed by atoms with van der Waals surface area (Å²) in [4.78, 5) is 0. The van der Waals surface area contributed by atoms with E-state index in [1.807, 2.05) is 12.1 Å². The van der Waals surface area contributed by atoms with Crippen molar-refractivity contribution in [2.45, 2.75) is 0 Å². The Hall–Kier alpha value is -1.48. The van der Waals surface area contributed by atoms with Crippen molar-refractivity contribution in [3.8, 4) is 5.75 Å². The fraction of sp³-hybridized carbons (Fsp3) is 0.143. The van der Waals surface area contributed by atoms with Crippen molar-refractivity contribution < 1.29 is 13.2 Å². The smallest absolute Gasteiger partial charge is 0.236 e. The van der Waals surface area contributed by atoms with Gasteiger partial charge < -0.3 is 10.5 Å². The van der Waals surface area contributed by atoms with Gasteiger partial charge in [0.25, 0.3) is 0 Å². The molecule has 7 heteroatoms. The monoisotopic (exact) mass is 418 g/mol. The van der Waals surface area contributed by atoms with E-state index in [0.29, 0.717) is 17.1 Å². The third-order valence-corrected chi connectivity index (χ3v) is 4.82. The molecule has 0 aliphatic heterocycles. The Kier molecular flexibility index (Phi) is 5.29. The zero-order chi connectivity index (χ0) is 15.3. The first-order valence-corrected chi connectivity index (χ1v) is 8.93. The van der Waals surface area contributed by atoms with Crippen LogP contribution in [-0.4, -0.2) is 20.8 Å². The lowest BCUT2D eigenvalue weighted by Gasteiger charge is -2.10. The molecule has 112 valence electrons. The van der Waals surface area contributed by atoms with Gasteiger partial charge in [-0.05, 0) is 59.0 Å².